The SMILES string of the molecule is CC(N)Cc1ccc(OCc2cncs2)c(Cl)c1. The Kier molecular flexibility index (Phi) is 4.58. The molecule has 1 heterocycles. The average Bonchev–Trinajstić information content (AvgIpc) is 2.80. The van der Waals surface area contributed by atoms with Crippen molar-refractivity contribution in [3.8, 4) is 5.75 Å². The standard InChI is InChI=1S/C13H15ClN2OS/c1-9(15)4-10-2-3-13(12(14)5-10)17-7-11-6-16-8-18-11/h2-3,5-6,8-9H,4,7,15H2,1H3. The lowest BCUT2D eigenvalue weighted by atomic mass is 10.1. The topological polar surface area (TPSA) is 48.1 Å². The number of benzene rings is 1. The van der Waals surface area contributed by atoms with Crippen LogP contribution in [0.25, 0.3) is 0 Å². The molecule has 0 amide bonds. The lowest BCUT2D eigenvalue weighted by molar-refractivity contribution is 0.309. The van der Waals surface area contributed by atoms with Crippen molar-refractivity contribution in [3.63, 3.8) is 0 Å². The highest BCUT2D eigenvalue weighted by atomic mass is 35.5. The fourth-order valence-corrected chi connectivity index (χ4v) is 2.39. The van der Waals surface area contributed by atoms with Gasteiger partial charge >= 0.3 is 0 Å². The summed E-state index contributed by atoms with van der Waals surface area (Å²) in [7, 11) is 0. The van der Waals surface area contributed by atoms with Crippen LogP contribution in [0.1, 0.15) is 17.4 Å². The maximum atomic E-state index is 6.17. The second-order valence-corrected chi connectivity index (χ2v) is 5.58. The molecule has 0 bridgehead atoms. The van der Waals surface area contributed by atoms with Crippen LogP contribution in [0.15, 0.2) is 29.9 Å². The molecule has 0 aliphatic rings. The molecule has 2 aromatic rings. The Balaban J connectivity index is 2.01. The minimum absolute atomic E-state index is 0.130. The van der Waals surface area contributed by atoms with Crippen LogP contribution >= 0.6 is 22.9 Å². The van der Waals surface area contributed by atoms with Crippen LogP contribution in [0.4, 0.5) is 0 Å². The van der Waals surface area contributed by atoms with Crippen molar-refractivity contribution < 1.29 is 4.74 Å². The Morgan fingerprint density at radius 1 is 1.50 bits per heavy atom. The van der Waals surface area contributed by atoms with Gasteiger partial charge < -0.3 is 10.5 Å². The summed E-state index contributed by atoms with van der Waals surface area (Å²) in [6.07, 6.45) is 2.61. The summed E-state index contributed by atoms with van der Waals surface area (Å²) >= 11 is 7.74. The van der Waals surface area contributed by atoms with E-state index in [4.69, 9.17) is 22.1 Å². The fourth-order valence-electron chi connectivity index (χ4n) is 1.62. The van der Waals surface area contributed by atoms with Crippen LogP contribution in [0.2, 0.25) is 5.02 Å². The van der Waals surface area contributed by atoms with Crippen molar-refractivity contribution in [2.24, 2.45) is 5.73 Å². The molecule has 2 N–H and O–H groups in total. The smallest absolute Gasteiger partial charge is 0.138 e. The highest BCUT2D eigenvalue weighted by Crippen LogP contribution is 2.27. The number of nitrogens with zero attached hydrogens (tertiary/aromatic N) is 1. The molecule has 1 aromatic heterocycles. The van der Waals surface area contributed by atoms with Crippen LogP contribution in [-0.2, 0) is 13.0 Å². The molecule has 0 radical (unpaired) electrons. The number of ether oxygens (including phenoxy) is 1. The van der Waals surface area contributed by atoms with Gasteiger partial charge in [-0.15, -0.1) is 11.3 Å². The third-order valence-corrected chi connectivity index (χ3v) is 3.46. The van der Waals surface area contributed by atoms with E-state index in [0.29, 0.717) is 17.4 Å². The minimum atomic E-state index is 0.130. The van der Waals surface area contributed by atoms with E-state index in [2.05, 4.69) is 4.98 Å². The van der Waals surface area contributed by atoms with Crippen LogP contribution in [0, 0.1) is 0 Å². The molecular formula is C13H15ClN2OS. The predicted molar refractivity (Wildman–Crippen MR) is 75.3 cm³/mol. The number of rotatable bonds is 5. The lowest BCUT2D eigenvalue weighted by Gasteiger charge is -2.10. The van der Waals surface area contributed by atoms with Crippen molar-refractivity contribution in [2.45, 2.75) is 26.0 Å². The molecule has 18 heavy (non-hydrogen) atoms. The number of hydrogen-bond acceptors (Lipinski definition) is 4. The van der Waals surface area contributed by atoms with Crippen LogP contribution in [0.3, 0.4) is 0 Å². The van der Waals surface area contributed by atoms with E-state index in [1.165, 1.54) is 0 Å². The summed E-state index contributed by atoms with van der Waals surface area (Å²) in [5, 5.41) is 0.623. The zero-order chi connectivity index (χ0) is 13.0. The van der Waals surface area contributed by atoms with Crippen LogP contribution in [-0.4, -0.2) is 11.0 Å². The zero-order valence-corrected chi connectivity index (χ0v) is 11.7. The van der Waals surface area contributed by atoms with Crippen molar-refractivity contribution in [1.82, 2.24) is 4.98 Å². The highest BCUT2D eigenvalue weighted by Gasteiger charge is 2.05. The summed E-state index contributed by atoms with van der Waals surface area (Å²) in [5.41, 5.74) is 8.66. The zero-order valence-electron chi connectivity index (χ0n) is 10.1. The Morgan fingerprint density at radius 3 is 2.94 bits per heavy atom. The van der Waals surface area contributed by atoms with Gasteiger partial charge in [0, 0.05) is 12.2 Å². The number of aromatic nitrogens is 1. The molecule has 1 unspecified atom stereocenters. The van der Waals surface area contributed by atoms with E-state index in [1.54, 1.807) is 23.0 Å². The Hall–Kier alpha value is -1.10. The summed E-state index contributed by atoms with van der Waals surface area (Å²) in [4.78, 5) is 5.07. The van der Waals surface area contributed by atoms with Gasteiger partial charge in [-0.2, -0.15) is 0 Å². The van der Waals surface area contributed by atoms with Gasteiger partial charge in [0.15, 0.2) is 0 Å². The predicted octanol–water partition coefficient (Wildman–Crippen LogP) is 3.27. The number of thiazole rings is 1. The third-order valence-electron chi connectivity index (χ3n) is 2.41. The molecule has 96 valence electrons. The van der Waals surface area contributed by atoms with E-state index in [1.807, 2.05) is 25.1 Å². The van der Waals surface area contributed by atoms with Crippen LogP contribution < -0.4 is 10.5 Å². The molecule has 0 spiro atoms. The molecule has 0 saturated heterocycles. The first kappa shape index (κ1) is 13.3. The Bertz CT molecular complexity index is 500. The van der Waals surface area contributed by atoms with Crippen molar-refractivity contribution >= 4 is 22.9 Å². The van der Waals surface area contributed by atoms with Crippen molar-refractivity contribution in [2.75, 3.05) is 0 Å². The number of hydrogen-bond donors (Lipinski definition) is 1. The number of nitrogens with two attached hydrogens (primary N) is 1. The minimum Gasteiger partial charge on any atom is -0.486 e. The van der Waals surface area contributed by atoms with E-state index in [-0.39, 0.29) is 6.04 Å². The summed E-state index contributed by atoms with van der Waals surface area (Å²) < 4.78 is 5.65. The molecule has 2 rings (SSSR count). The average molecular weight is 283 g/mol. The first-order valence-electron chi connectivity index (χ1n) is 5.69. The quantitative estimate of drug-likeness (QED) is 0.916. The Labute approximate surface area is 116 Å². The molecule has 1 atom stereocenters. The second-order valence-electron chi connectivity index (χ2n) is 4.20. The summed E-state index contributed by atoms with van der Waals surface area (Å²) in [6, 6.07) is 5.93. The normalized spacial score (nSPS) is 12.4. The van der Waals surface area contributed by atoms with Gasteiger partial charge in [0.05, 0.1) is 15.4 Å². The van der Waals surface area contributed by atoms with Crippen molar-refractivity contribution in [3.05, 3.63) is 45.4 Å². The molecule has 0 saturated carbocycles. The maximum Gasteiger partial charge on any atom is 0.138 e. The third kappa shape index (κ3) is 3.70. The van der Waals surface area contributed by atoms with Gasteiger partial charge in [-0.1, -0.05) is 17.7 Å². The van der Waals surface area contributed by atoms with E-state index >= 15 is 0 Å². The van der Waals surface area contributed by atoms with Crippen molar-refractivity contribution in [1.29, 1.82) is 0 Å². The second kappa shape index (κ2) is 6.18. The van der Waals surface area contributed by atoms with Gasteiger partial charge in [-0.25, -0.2) is 0 Å². The molecule has 5 heteroatoms. The van der Waals surface area contributed by atoms with Crippen LogP contribution in [0.5, 0.6) is 5.75 Å². The van der Waals surface area contributed by atoms with Gasteiger partial charge in [0.25, 0.3) is 0 Å². The lowest BCUT2D eigenvalue weighted by Crippen LogP contribution is -2.17. The Morgan fingerprint density at radius 2 is 2.33 bits per heavy atom. The maximum absolute atomic E-state index is 6.17. The highest BCUT2D eigenvalue weighted by molar-refractivity contribution is 7.09. The van der Waals surface area contributed by atoms with Gasteiger partial charge in [-0.05, 0) is 31.0 Å². The first-order chi connectivity index (χ1) is 8.65. The van der Waals surface area contributed by atoms with E-state index in [9.17, 15) is 0 Å². The van der Waals surface area contributed by atoms with Gasteiger partial charge in [0.1, 0.15) is 12.4 Å². The molecular weight excluding hydrogens is 268 g/mol. The van der Waals surface area contributed by atoms with Gasteiger partial charge in [-0.3, -0.25) is 4.98 Å². The monoisotopic (exact) mass is 282 g/mol. The molecule has 0 aliphatic carbocycles. The van der Waals surface area contributed by atoms with Gasteiger partial charge in [0.2, 0.25) is 0 Å². The summed E-state index contributed by atoms with van der Waals surface area (Å²) in [6.45, 7) is 2.47. The number of halogens is 1. The molecule has 0 aliphatic heterocycles. The van der Waals surface area contributed by atoms with E-state index in [0.717, 1.165) is 16.9 Å². The molecule has 3 nitrogen and oxygen atoms in total. The molecule has 1 aromatic carbocycles. The summed E-state index contributed by atoms with van der Waals surface area (Å²) in [5.74, 6) is 0.693. The molecule has 0 fully saturated rings. The van der Waals surface area contributed by atoms with E-state index < -0.39 is 0 Å². The first-order valence-corrected chi connectivity index (χ1v) is 6.95. The fraction of sp³-hybridized carbons (Fsp3) is 0.308. The largest absolute Gasteiger partial charge is 0.486 e.